The Balaban J connectivity index is 1.04. The minimum absolute atomic E-state index is 0.263. The number of hydrogen-bond donors (Lipinski definition) is 0. The zero-order valence-corrected chi connectivity index (χ0v) is 38.8. The van der Waals surface area contributed by atoms with Gasteiger partial charge in [0.15, 0.2) is 0 Å². The highest BCUT2D eigenvalue weighted by Gasteiger charge is 2.18. The molecule has 0 bridgehead atoms. The molecule has 2 nitrogen and oxygen atoms in total. The summed E-state index contributed by atoms with van der Waals surface area (Å²) >= 11 is 0. The van der Waals surface area contributed by atoms with E-state index in [9.17, 15) is 0 Å². The van der Waals surface area contributed by atoms with Gasteiger partial charge in [0.1, 0.15) is 0 Å². The van der Waals surface area contributed by atoms with Crippen LogP contribution in [0.4, 0.5) is 17.1 Å². The Kier molecular flexibility index (Phi) is 16.3. The van der Waals surface area contributed by atoms with E-state index in [2.05, 4.69) is 221 Å². The van der Waals surface area contributed by atoms with Crippen molar-refractivity contribution in [2.75, 3.05) is 9.80 Å². The first-order chi connectivity index (χ1) is 33.3. The van der Waals surface area contributed by atoms with E-state index in [-0.39, 0.29) is 5.92 Å². The molecule has 0 spiro atoms. The van der Waals surface area contributed by atoms with Crippen LogP contribution in [0.15, 0.2) is 318 Å². The lowest BCUT2D eigenvalue weighted by atomic mass is 9.84. The van der Waals surface area contributed by atoms with Crippen LogP contribution in [-0.2, 0) is 0 Å². The van der Waals surface area contributed by atoms with Crippen molar-refractivity contribution >= 4 is 22.6 Å². The Labute approximate surface area is 405 Å². The van der Waals surface area contributed by atoms with Gasteiger partial charge in [0, 0.05) is 40.6 Å². The first kappa shape index (κ1) is 47.2. The summed E-state index contributed by atoms with van der Waals surface area (Å²) in [5.41, 5.74) is 17.1. The van der Waals surface area contributed by atoms with E-state index < -0.39 is 0 Å². The molecule has 332 valence electrons. The Bertz CT molecular complexity index is 3000. The highest BCUT2D eigenvalue weighted by atomic mass is 15.1. The summed E-state index contributed by atoms with van der Waals surface area (Å²) in [4.78, 5) is 4.26. The van der Waals surface area contributed by atoms with E-state index in [1.54, 1.807) is 24.3 Å². The van der Waals surface area contributed by atoms with Crippen molar-refractivity contribution < 1.29 is 0 Å². The van der Waals surface area contributed by atoms with E-state index in [1.165, 1.54) is 39.0 Å². The third kappa shape index (κ3) is 11.7. The van der Waals surface area contributed by atoms with Gasteiger partial charge in [0.2, 0.25) is 0 Å². The third-order valence-corrected chi connectivity index (χ3v) is 11.8. The molecule has 1 unspecified atom stereocenters. The molecule has 1 atom stereocenters. The van der Waals surface area contributed by atoms with Crippen molar-refractivity contribution in [2.45, 2.75) is 12.3 Å². The molecule has 7 rings (SSSR count). The van der Waals surface area contributed by atoms with Crippen molar-refractivity contribution in [1.82, 2.24) is 0 Å². The molecule has 6 aromatic rings. The monoisotopic (exact) mass is 878 g/mol. The summed E-state index contributed by atoms with van der Waals surface area (Å²) in [6.07, 6.45) is 32.5. The van der Waals surface area contributed by atoms with Crippen LogP contribution in [0.5, 0.6) is 0 Å². The second-order valence-electron chi connectivity index (χ2n) is 16.2. The van der Waals surface area contributed by atoms with Crippen molar-refractivity contribution in [3.05, 3.63) is 329 Å². The molecule has 2 heteroatoms. The van der Waals surface area contributed by atoms with Crippen molar-refractivity contribution in [3.63, 3.8) is 0 Å². The topological polar surface area (TPSA) is 6.48 Å². The fourth-order valence-corrected chi connectivity index (χ4v) is 8.16. The van der Waals surface area contributed by atoms with Crippen LogP contribution in [0.1, 0.15) is 23.5 Å². The first-order valence-corrected chi connectivity index (χ1v) is 22.8. The lowest BCUT2D eigenvalue weighted by Crippen LogP contribution is -2.19. The summed E-state index contributed by atoms with van der Waals surface area (Å²) in [7, 11) is 0. The van der Waals surface area contributed by atoms with Gasteiger partial charge >= 0.3 is 0 Å². The molecule has 0 aliphatic heterocycles. The molecule has 0 N–H and O–H groups in total. The highest BCUT2D eigenvalue weighted by Crippen LogP contribution is 2.38. The van der Waals surface area contributed by atoms with Crippen LogP contribution >= 0.6 is 0 Å². The van der Waals surface area contributed by atoms with Gasteiger partial charge in [-0.2, -0.15) is 0 Å². The molecule has 1 aliphatic rings. The van der Waals surface area contributed by atoms with Gasteiger partial charge in [-0.05, 0) is 128 Å². The van der Waals surface area contributed by atoms with Crippen molar-refractivity contribution in [2.24, 2.45) is 0 Å². The molecule has 0 radical (unpaired) electrons. The number of anilines is 3. The number of benzene rings is 6. The second kappa shape index (κ2) is 23.5. The van der Waals surface area contributed by atoms with Crippen LogP contribution in [0, 0.1) is 0 Å². The molecule has 0 aromatic heterocycles. The number of nitrogens with zero attached hydrogens (tertiary/aromatic N) is 2. The quantitative estimate of drug-likeness (QED) is 0.0705. The smallest absolute Gasteiger partial charge is 0.0461 e. The maximum absolute atomic E-state index is 4.39. The predicted molar refractivity (Wildman–Crippen MR) is 298 cm³/mol. The van der Waals surface area contributed by atoms with E-state index in [1.807, 2.05) is 59.6 Å². The molecule has 68 heavy (non-hydrogen) atoms. The van der Waals surface area contributed by atoms with Gasteiger partial charge in [0.25, 0.3) is 0 Å². The standard InChI is InChI=1S/C66H58N2/c1-8-12-14-20-49-67(62-43-37-56(38-44-62)53-23-16-15-17-24-53)63-45-39-57(40-46-63)54-29-33-59(34-30-54)65-25-18-19-26-66(65)60-35-31-55(32-36-60)58-41-47-64(48-42-58)68(61(11-4)21-10-3)52(7)28-27-51(6)50(5)22-13-9-2/h8-33,35-49,59H,1-7,34H2/b14-12-,22-13-,28-27-,49-20+,61-21+. The molecular formula is C66H58N2. The van der Waals surface area contributed by atoms with Gasteiger partial charge in [0.05, 0.1) is 0 Å². The largest absolute Gasteiger partial charge is 0.317 e. The van der Waals surface area contributed by atoms with Crippen LogP contribution in [-0.4, -0.2) is 0 Å². The maximum atomic E-state index is 4.39. The Hall–Kier alpha value is -8.72. The fourth-order valence-electron chi connectivity index (χ4n) is 8.16. The lowest BCUT2D eigenvalue weighted by molar-refractivity contribution is 0.858. The number of rotatable bonds is 20. The van der Waals surface area contributed by atoms with E-state index in [4.69, 9.17) is 0 Å². The Morgan fingerprint density at radius 1 is 0.485 bits per heavy atom. The van der Waals surface area contributed by atoms with E-state index in [0.717, 1.165) is 57.2 Å². The van der Waals surface area contributed by atoms with Gasteiger partial charge in [-0.1, -0.05) is 228 Å². The van der Waals surface area contributed by atoms with Crippen LogP contribution < -0.4 is 9.80 Å². The highest BCUT2D eigenvalue weighted by molar-refractivity contribution is 5.80. The SMILES string of the molecule is C=C/C=C\C=C\N(c1ccc(C2=CCC(c3ccccc3-c3ccc(-c4ccc(N(C(=C)/C=C\C(=C)C(=C)/C=C\C=C)/C(C=C)=C/C=C)cc4)cc3)C=C2)cc1)c1ccc(-c2ccccc2)cc1. The maximum Gasteiger partial charge on any atom is 0.0461 e. The summed E-state index contributed by atoms with van der Waals surface area (Å²) in [5, 5.41) is 0. The molecule has 0 saturated carbocycles. The molecule has 0 saturated heterocycles. The average Bonchev–Trinajstić information content (AvgIpc) is 3.40. The molecule has 0 fully saturated rings. The lowest BCUT2D eigenvalue weighted by Gasteiger charge is -2.26. The molecule has 6 aromatic carbocycles. The second-order valence-corrected chi connectivity index (χ2v) is 16.2. The number of hydrogen-bond acceptors (Lipinski definition) is 2. The van der Waals surface area contributed by atoms with Crippen molar-refractivity contribution in [1.29, 1.82) is 0 Å². The molecule has 1 aliphatic carbocycles. The van der Waals surface area contributed by atoms with Crippen LogP contribution in [0.2, 0.25) is 0 Å². The summed E-state index contributed by atoms with van der Waals surface area (Å²) in [6, 6.07) is 54.2. The van der Waals surface area contributed by atoms with Gasteiger partial charge in [-0.25, -0.2) is 0 Å². The summed E-state index contributed by atoms with van der Waals surface area (Å²) < 4.78 is 0. The average molecular weight is 879 g/mol. The Morgan fingerprint density at radius 2 is 1.03 bits per heavy atom. The minimum Gasteiger partial charge on any atom is -0.317 e. The zero-order chi connectivity index (χ0) is 47.7. The van der Waals surface area contributed by atoms with Gasteiger partial charge < -0.3 is 9.80 Å². The normalized spacial score (nSPS) is 13.7. The van der Waals surface area contributed by atoms with Crippen LogP contribution in [0.25, 0.3) is 39.0 Å². The van der Waals surface area contributed by atoms with E-state index >= 15 is 0 Å². The predicted octanol–water partition coefficient (Wildman–Crippen LogP) is 18.2. The summed E-state index contributed by atoms with van der Waals surface area (Å²) in [6.45, 7) is 28.2. The molecule has 0 amide bonds. The van der Waals surface area contributed by atoms with Gasteiger partial charge in [-0.3, -0.25) is 0 Å². The molecular weight excluding hydrogens is 821 g/mol. The van der Waals surface area contributed by atoms with Gasteiger partial charge in [-0.15, -0.1) is 0 Å². The minimum atomic E-state index is 0.263. The molecule has 0 heterocycles. The third-order valence-electron chi connectivity index (χ3n) is 11.8. The Morgan fingerprint density at radius 3 is 1.62 bits per heavy atom. The summed E-state index contributed by atoms with van der Waals surface area (Å²) in [5.74, 6) is 0.263. The zero-order valence-electron chi connectivity index (χ0n) is 38.8. The first-order valence-electron chi connectivity index (χ1n) is 22.8. The fraction of sp³-hybridized carbons (Fsp3) is 0.0303. The van der Waals surface area contributed by atoms with E-state index in [0.29, 0.717) is 0 Å². The van der Waals surface area contributed by atoms with Crippen molar-refractivity contribution in [3.8, 4) is 33.4 Å². The number of allylic oxidation sites excluding steroid dienone is 18. The van der Waals surface area contributed by atoms with Crippen LogP contribution in [0.3, 0.4) is 0 Å².